The molecule has 4 rings (SSSR count). The van der Waals surface area contributed by atoms with Crippen molar-refractivity contribution in [3.8, 4) is 0 Å². The van der Waals surface area contributed by atoms with Crippen molar-refractivity contribution in [2.24, 2.45) is 5.92 Å². The molecule has 148 valence electrons. The van der Waals surface area contributed by atoms with Crippen molar-refractivity contribution in [3.63, 3.8) is 0 Å². The highest BCUT2D eigenvalue weighted by atomic mass is 32.2. The lowest BCUT2D eigenvalue weighted by Gasteiger charge is -2.45. The number of piperidine rings is 1. The standard InChI is InChI=1S/C22H32N2O2S/c1-4-22(3)19-11-8-14-24(17-9-6-7-10-17)21(19)18-13-12-16(15-20(18)22)23-27(25,26)5-2/h6,9,12-13,15,17,19,21,23H,4-5,7-8,10-11,14H2,1-3H3. The monoisotopic (exact) mass is 388 g/mol. The summed E-state index contributed by atoms with van der Waals surface area (Å²) in [6, 6.07) is 7.29. The van der Waals surface area contributed by atoms with Gasteiger partial charge in [0.05, 0.1) is 5.75 Å². The molecule has 4 nitrogen and oxygen atoms in total. The molecule has 4 atom stereocenters. The number of fused-ring (bicyclic) bond motifs is 3. The average molecular weight is 389 g/mol. The van der Waals surface area contributed by atoms with Crippen LogP contribution in [0.15, 0.2) is 30.4 Å². The van der Waals surface area contributed by atoms with Gasteiger partial charge in [-0.15, -0.1) is 0 Å². The summed E-state index contributed by atoms with van der Waals surface area (Å²) in [5.41, 5.74) is 3.59. The van der Waals surface area contributed by atoms with Gasteiger partial charge in [0.15, 0.2) is 0 Å². The van der Waals surface area contributed by atoms with Crippen LogP contribution >= 0.6 is 0 Å². The lowest BCUT2D eigenvalue weighted by atomic mass is 9.70. The smallest absolute Gasteiger partial charge is 0.232 e. The van der Waals surface area contributed by atoms with Gasteiger partial charge < -0.3 is 0 Å². The molecule has 1 aromatic carbocycles. The summed E-state index contributed by atoms with van der Waals surface area (Å²) in [6.07, 6.45) is 10.7. The van der Waals surface area contributed by atoms with Gasteiger partial charge in [0.1, 0.15) is 0 Å². The van der Waals surface area contributed by atoms with E-state index >= 15 is 0 Å². The molecule has 1 aliphatic heterocycles. The fourth-order valence-electron chi connectivity index (χ4n) is 5.63. The van der Waals surface area contributed by atoms with E-state index in [0.717, 1.165) is 6.42 Å². The minimum atomic E-state index is -3.25. The van der Waals surface area contributed by atoms with Gasteiger partial charge >= 0.3 is 0 Å². The highest BCUT2D eigenvalue weighted by molar-refractivity contribution is 7.92. The van der Waals surface area contributed by atoms with Crippen LogP contribution in [0.3, 0.4) is 0 Å². The van der Waals surface area contributed by atoms with Crippen LogP contribution < -0.4 is 4.72 Å². The molecule has 4 unspecified atom stereocenters. The molecule has 1 heterocycles. The number of nitrogens with one attached hydrogen (secondary N) is 1. The third-order valence-electron chi connectivity index (χ3n) is 7.28. The molecular formula is C22H32N2O2S. The van der Waals surface area contributed by atoms with E-state index in [-0.39, 0.29) is 11.2 Å². The van der Waals surface area contributed by atoms with Gasteiger partial charge in [-0.05, 0) is 80.2 Å². The van der Waals surface area contributed by atoms with Crippen LogP contribution in [-0.4, -0.2) is 31.7 Å². The number of hydrogen-bond donors (Lipinski definition) is 1. The number of anilines is 1. The number of allylic oxidation sites excluding steroid dienone is 1. The van der Waals surface area contributed by atoms with E-state index in [1.807, 2.05) is 6.07 Å². The predicted molar refractivity (Wildman–Crippen MR) is 112 cm³/mol. The van der Waals surface area contributed by atoms with E-state index in [1.54, 1.807) is 6.92 Å². The zero-order chi connectivity index (χ0) is 19.2. The fourth-order valence-corrected chi connectivity index (χ4v) is 6.26. The molecule has 2 aliphatic carbocycles. The van der Waals surface area contributed by atoms with E-state index in [0.29, 0.717) is 23.7 Å². The second-order valence-electron chi connectivity index (χ2n) is 8.58. The first kappa shape index (κ1) is 19.0. The Kier molecular flexibility index (Phi) is 4.88. The number of likely N-dealkylation sites (tertiary alicyclic amines) is 1. The van der Waals surface area contributed by atoms with Gasteiger partial charge in [0, 0.05) is 17.8 Å². The van der Waals surface area contributed by atoms with Crippen LogP contribution in [0.1, 0.15) is 70.0 Å². The van der Waals surface area contributed by atoms with Crippen LogP contribution in [0.25, 0.3) is 0 Å². The summed E-state index contributed by atoms with van der Waals surface area (Å²) in [5.74, 6) is 0.709. The summed E-state index contributed by atoms with van der Waals surface area (Å²) in [6.45, 7) is 7.51. The molecule has 1 fully saturated rings. The molecule has 0 spiro atoms. The summed E-state index contributed by atoms with van der Waals surface area (Å²) < 4.78 is 26.9. The quantitative estimate of drug-likeness (QED) is 0.750. The normalized spacial score (nSPS) is 33.1. The molecule has 5 heteroatoms. The fraction of sp³-hybridized carbons (Fsp3) is 0.636. The van der Waals surface area contributed by atoms with Gasteiger partial charge in [-0.2, -0.15) is 0 Å². The van der Waals surface area contributed by atoms with Gasteiger partial charge in [-0.25, -0.2) is 8.42 Å². The molecule has 0 amide bonds. The van der Waals surface area contributed by atoms with Crippen molar-refractivity contribution >= 4 is 15.7 Å². The molecule has 1 aromatic rings. The number of sulfonamides is 1. The van der Waals surface area contributed by atoms with Crippen LogP contribution in [0.5, 0.6) is 0 Å². The molecule has 27 heavy (non-hydrogen) atoms. The molecule has 1 N–H and O–H groups in total. The Morgan fingerprint density at radius 3 is 2.74 bits per heavy atom. The summed E-state index contributed by atoms with van der Waals surface area (Å²) in [4.78, 5) is 2.73. The predicted octanol–water partition coefficient (Wildman–Crippen LogP) is 4.60. The molecule has 1 saturated heterocycles. The Balaban J connectivity index is 1.76. The van der Waals surface area contributed by atoms with Crippen molar-refractivity contribution in [1.29, 1.82) is 0 Å². The Morgan fingerprint density at radius 1 is 1.26 bits per heavy atom. The minimum absolute atomic E-state index is 0.0994. The first-order valence-electron chi connectivity index (χ1n) is 10.5. The van der Waals surface area contributed by atoms with E-state index in [4.69, 9.17) is 0 Å². The maximum Gasteiger partial charge on any atom is 0.232 e. The summed E-state index contributed by atoms with van der Waals surface area (Å²) in [7, 11) is -3.25. The van der Waals surface area contributed by atoms with Gasteiger partial charge in [-0.3, -0.25) is 9.62 Å². The van der Waals surface area contributed by atoms with Crippen LogP contribution in [0.4, 0.5) is 5.69 Å². The Bertz CT molecular complexity index is 848. The van der Waals surface area contributed by atoms with Gasteiger partial charge in [0.25, 0.3) is 0 Å². The lowest BCUT2D eigenvalue weighted by Crippen LogP contribution is -2.45. The highest BCUT2D eigenvalue weighted by Crippen LogP contribution is 2.58. The van der Waals surface area contributed by atoms with Crippen molar-refractivity contribution in [2.45, 2.75) is 70.4 Å². The Labute approximate surface area is 164 Å². The van der Waals surface area contributed by atoms with Crippen molar-refractivity contribution in [1.82, 2.24) is 4.90 Å². The van der Waals surface area contributed by atoms with Gasteiger partial charge in [-0.1, -0.05) is 32.1 Å². The van der Waals surface area contributed by atoms with E-state index in [2.05, 4.69) is 47.8 Å². The van der Waals surface area contributed by atoms with Crippen LogP contribution in [0.2, 0.25) is 0 Å². The molecule has 3 aliphatic rings. The maximum atomic E-state index is 12.0. The second kappa shape index (κ2) is 6.93. The SMILES string of the molecule is CCC1(C)c2cc(NS(=O)(=O)CC)ccc2C2C1CCCN2C1C=CCC1. The first-order chi connectivity index (χ1) is 12.9. The second-order valence-corrected chi connectivity index (χ2v) is 10.6. The summed E-state index contributed by atoms with van der Waals surface area (Å²) in [5, 5.41) is 0. The first-order valence-corrected chi connectivity index (χ1v) is 12.1. The van der Waals surface area contributed by atoms with Crippen molar-refractivity contribution in [2.75, 3.05) is 17.0 Å². The third-order valence-corrected chi connectivity index (χ3v) is 8.58. The number of rotatable bonds is 5. The molecule has 0 aromatic heterocycles. The number of hydrogen-bond acceptors (Lipinski definition) is 3. The minimum Gasteiger partial charge on any atom is -0.290 e. The highest BCUT2D eigenvalue weighted by Gasteiger charge is 2.52. The molecule has 0 saturated carbocycles. The Hall–Kier alpha value is -1.33. The Morgan fingerprint density at radius 2 is 2.07 bits per heavy atom. The van der Waals surface area contributed by atoms with Crippen molar-refractivity contribution in [3.05, 3.63) is 41.5 Å². The van der Waals surface area contributed by atoms with E-state index < -0.39 is 10.0 Å². The topological polar surface area (TPSA) is 49.4 Å². The largest absolute Gasteiger partial charge is 0.290 e. The zero-order valence-electron chi connectivity index (χ0n) is 16.7. The third kappa shape index (κ3) is 3.13. The van der Waals surface area contributed by atoms with E-state index in [1.165, 1.54) is 43.4 Å². The van der Waals surface area contributed by atoms with E-state index in [9.17, 15) is 8.42 Å². The molecule has 0 bridgehead atoms. The number of nitrogens with zero attached hydrogens (tertiary/aromatic N) is 1. The van der Waals surface area contributed by atoms with Crippen molar-refractivity contribution < 1.29 is 8.42 Å². The maximum absolute atomic E-state index is 12.0. The average Bonchev–Trinajstić information content (AvgIpc) is 3.28. The van der Waals surface area contributed by atoms with Crippen LogP contribution in [-0.2, 0) is 15.4 Å². The number of benzene rings is 1. The molecule has 0 radical (unpaired) electrons. The summed E-state index contributed by atoms with van der Waals surface area (Å²) >= 11 is 0. The lowest BCUT2D eigenvalue weighted by molar-refractivity contribution is 0.0459. The van der Waals surface area contributed by atoms with Crippen LogP contribution in [0, 0.1) is 5.92 Å². The molecular weight excluding hydrogens is 356 g/mol. The van der Waals surface area contributed by atoms with Gasteiger partial charge in [0.2, 0.25) is 10.0 Å². The zero-order valence-corrected chi connectivity index (χ0v) is 17.6.